The molecule has 376 valence electrons. The minimum Gasteiger partial charge on any atom is -0.379 e. The van der Waals surface area contributed by atoms with Crippen LogP contribution in [0.5, 0.6) is 0 Å². The van der Waals surface area contributed by atoms with Gasteiger partial charge >= 0.3 is 0 Å². The molecule has 0 bridgehead atoms. The Morgan fingerprint density at radius 1 is 0.708 bits per heavy atom. The zero-order valence-corrected chi connectivity index (χ0v) is 43.8. The Balaban J connectivity index is 0.873. The first kappa shape index (κ1) is 54.9. The predicted molar refractivity (Wildman–Crippen MR) is 275 cm³/mol. The Kier molecular flexibility index (Phi) is 25.8. The maximum absolute atomic E-state index is 6.47. The molecule has 0 spiro atoms. The van der Waals surface area contributed by atoms with E-state index in [1.807, 2.05) is 0 Å². The summed E-state index contributed by atoms with van der Waals surface area (Å²) in [5, 5.41) is 0. The average Bonchev–Trinajstić information content (AvgIpc) is 3.87. The maximum Gasteiger partial charge on any atom is 0.0936 e. The molecule has 1 aliphatic heterocycles. The van der Waals surface area contributed by atoms with Gasteiger partial charge in [-0.2, -0.15) is 0 Å². The van der Waals surface area contributed by atoms with Crippen molar-refractivity contribution >= 4 is 0 Å². The lowest BCUT2D eigenvalue weighted by atomic mass is 9.47. The summed E-state index contributed by atoms with van der Waals surface area (Å²) in [6, 6.07) is 0.633. The van der Waals surface area contributed by atoms with Crippen molar-refractivity contribution in [2.75, 3.05) is 65.9 Å². The van der Waals surface area contributed by atoms with Crippen molar-refractivity contribution < 1.29 is 23.7 Å². The summed E-state index contributed by atoms with van der Waals surface area (Å²) in [5.41, 5.74) is 2.67. The fourth-order valence-electron chi connectivity index (χ4n) is 13.7. The molecule has 0 N–H and O–H groups in total. The van der Waals surface area contributed by atoms with Crippen molar-refractivity contribution in [3.8, 4) is 0 Å². The van der Waals surface area contributed by atoms with E-state index in [1.54, 1.807) is 5.57 Å². The number of ether oxygens (including phenoxy) is 5. The lowest BCUT2D eigenvalue weighted by Gasteiger charge is -2.58. The molecule has 1 saturated heterocycles. The number of unbranched alkanes of at least 4 members (excludes halogenated alkanes) is 9. The third-order valence-electron chi connectivity index (χ3n) is 17.7. The van der Waals surface area contributed by atoms with Crippen LogP contribution in [0.15, 0.2) is 36.0 Å². The quantitative estimate of drug-likeness (QED) is 0.0466. The predicted octanol–water partition coefficient (Wildman–Crippen LogP) is 15.1. The molecule has 0 radical (unpaired) electrons. The first-order chi connectivity index (χ1) is 31.7. The van der Waals surface area contributed by atoms with E-state index in [4.69, 9.17) is 23.7 Å². The third-order valence-corrected chi connectivity index (χ3v) is 17.7. The maximum atomic E-state index is 6.47. The van der Waals surface area contributed by atoms with E-state index in [0.29, 0.717) is 69.2 Å². The van der Waals surface area contributed by atoms with E-state index in [0.717, 1.165) is 67.9 Å². The third kappa shape index (κ3) is 18.0. The Morgan fingerprint density at radius 2 is 1.43 bits per heavy atom. The lowest BCUT2D eigenvalue weighted by molar-refractivity contribution is -0.0708. The van der Waals surface area contributed by atoms with Gasteiger partial charge in [-0.05, 0) is 163 Å². The molecule has 1 heterocycles. The van der Waals surface area contributed by atoms with Gasteiger partial charge in [0.05, 0.1) is 58.5 Å². The van der Waals surface area contributed by atoms with Gasteiger partial charge in [0.25, 0.3) is 0 Å². The molecular weight excluding hydrogens is 803 g/mol. The summed E-state index contributed by atoms with van der Waals surface area (Å²) in [4.78, 5) is 2.57. The van der Waals surface area contributed by atoms with Crippen LogP contribution in [0.1, 0.15) is 209 Å². The summed E-state index contributed by atoms with van der Waals surface area (Å²) in [7, 11) is 0. The van der Waals surface area contributed by atoms with Crippen molar-refractivity contribution in [2.45, 2.75) is 227 Å². The van der Waals surface area contributed by atoms with Crippen molar-refractivity contribution in [3.05, 3.63) is 36.0 Å². The van der Waals surface area contributed by atoms with E-state index in [2.05, 4.69) is 83.7 Å². The van der Waals surface area contributed by atoms with Crippen LogP contribution in [0, 0.1) is 46.3 Å². The van der Waals surface area contributed by atoms with E-state index >= 15 is 0 Å². The fraction of sp³-hybridized carbons (Fsp3) is 0.898. The summed E-state index contributed by atoms with van der Waals surface area (Å²) >= 11 is 0. The van der Waals surface area contributed by atoms with E-state index < -0.39 is 0 Å². The zero-order chi connectivity index (χ0) is 46.2. The second-order valence-electron chi connectivity index (χ2n) is 22.9. The molecule has 6 nitrogen and oxygen atoms in total. The second kappa shape index (κ2) is 30.6. The monoisotopic (exact) mass is 908 g/mol. The summed E-state index contributed by atoms with van der Waals surface area (Å²) in [6.45, 7) is 24.7. The molecule has 0 amide bonds. The number of hydrogen-bond donors (Lipinski definition) is 0. The van der Waals surface area contributed by atoms with E-state index in [1.165, 1.54) is 148 Å². The van der Waals surface area contributed by atoms with Crippen LogP contribution in [0.2, 0.25) is 0 Å². The highest BCUT2D eigenvalue weighted by molar-refractivity contribution is 5.25. The molecule has 0 aromatic rings. The van der Waals surface area contributed by atoms with Crippen LogP contribution < -0.4 is 0 Å². The number of fused-ring (bicyclic) bond motifs is 5. The SMILES string of the molecule is CCCCC/C=C\C/C=C\CCCCCCCCOCC(CN1CCCC1C)OCCOCCOCCO[C@H]1CC[C@@]2(C)C(=CC[C@H]3[C@@H]4CC[C@H]([C@H](C)CCCC(C)C)[C@@]4(C)CC[C@@H]32)C1. The molecule has 0 aromatic heterocycles. The van der Waals surface area contributed by atoms with Gasteiger partial charge in [-0.15, -0.1) is 0 Å². The largest absolute Gasteiger partial charge is 0.379 e. The van der Waals surface area contributed by atoms with Crippen LogP contribution in [0.4, 0.5) is 0 Å². The molecule has 6 heteroatoms. The summed E-state index contributed by atoms with van der Waals surface area (Å²) in [6.07, 6.45) is 45.3. The van der Waals surface area contributed by atoms with Crippen LogP contribution in [-0.4, -0.2) is 89.1 Å². The van der Waals surface area contributed by atoms with Gasteiger partial charge < -0.3 is 23.7 Å². The van der Waals surface area contributed by atoms with Crippen molar-refractivity contribution in [1.29, 1.82) is 0 Å². The van der Waals surface area contributed by atoms with Crippen molar-refractivity contribution in [3.63, 3.8) is 0 Å². The first-order valence-electron chi connectivity index (χ1n) is 28.4. The van der Waals surface area contributed by atoms with Crippen molar-refractivity contribution in [2.24, 2.45) is 46.3 Å². The van der Waals surface area contributed by atoms with Gasteiger partial charge in [0.2, 0.25) is 0 Å². The van der Waals surface area contributed by atoms with Crippen LogP contribution in [-0.2, 0) is 23.7 Å². The van der Waals surface area contributed by atoms with Gasteiger partial charge in [-0.3, -0.25) is 4.90 Å². The number of rotatable bonds is 35. The Labute approximate surface area is 402 Å². The van der Waals surface area contributed by atoms with Crippen LogP contribution >= 0.6 is 0 Å². The van der Waals surface area contributed by atoms with Crippen LogP contribution in [0.3, 0.4) is 0 Å². The number of nitrogens with zero attached hydrogens (tertiary/aromatic N) is 1. The standard InChI is InChI=1S/C59H105NO5/c1-8-9-10-11-12-13-14-15-16-17-18-19-20-21-22-23-38-63-47-53(46-60-37-25-28-50(60)5)65-44-42-62-40-39-61-41-43-64-52-33-35-58(6)51(45-52)29-30-54-56-32-31-55(49(4)27-24-26-48(2)3)59(56,7)36-34-57(54)58/h12-13,15-16,29,48-50,52-57H,8-11,14,17-28,30-47H2,1-7H3/b13-12-,16-15-/t49-,50?,52+,53?,54+,55-,56+,57+,58+,59-/m1/s1. The van der Waals surface area contributed by atoms with Gasteiger partial charge in [0, 0.05) is 19.2 Å². The number of likely N-dealkylation sites (tertiary alicyclic amines) is 1. The molecule has 4 aliphatic carbocycles. The fourth-order valence-corrected chi connectivity index (χ4v) is 13.7. The molecule has 2 unspecified atom stereocenters. The van der Waals surface area contributed by atoms with Crippen molar-refractivity contribution in [1.82, 2.24) is 4.90 Å². The lowest BCUT2D eigenvalue weighted by Crippen LogP contribution is -2.51. The zero-order valence-electron chi connectivity index (χ0n) is 43.8. The highest BCUT2D eigenvalue weighted by Crippen LogP contribution is 2.67. The van der Waals surface area contributed by atoms with E-state index in [9.17, 15) is 0 Å². The molecule has 4 fully saturated rings. The first-order valence-corrected chi connectivity index (χ1v) is 28.4. The molecule has 0 aromatic carbocycles. The Morgan fingerprint density at radius 3 is 2.17 bits per heavy atom. The van der Waals surface area contributed by atoms with Crippen LogP contribution in [0.25, 0.3) is 0 Å². The minimum atomic E-state index is 0.0946. The Bertz CT molecular complexity index is 1350. The normalized spacial score (nSPS) is 30.3. The Hall–Kier alpha value is -1.02. The molecule has 5 aliphatic rings. The highest BCUT2D eigenvalue weighted by atomic mass is 16.6. The molecule has 5 rings (SSSR count). The highest BCUT2D eigenvalue weighted by Gasteiger charge is 2.59. The summed E-state index contributed by atoms with van der Waals surface area (Å²) in [5.74, 6) is 5.34. The molecule has 65 heavy (non-hydrogen) atoms. The van der Waals surface area contributed by atoms with Gasteiger partial charge in [-0.1, -0.05) is 135 Å². The number of allylic oxidation sites excluding steroid dienone is 5. The molecule has 3 saturated carbocycles. The van der Waals surface area contributed by atoms with Gasteiger partial charge in [0.1, 0.15) is 0 Å². The minimum absolute atomic E-state index is 0.0946. The number of hydrogen-bond acceptors (Lipinski definition) is 6. The van der Waals surface area contributed by atoms with E-state index in [-0.39, 0.29) is 6.10 Å². The molecular formula is C59H105NO5. The van der Waals surface area contributed by atoms with Gasteiger partial charge in [-0.25, -0.2) is 0 Å². The molecule has 10 atom stereocenters. The topological polar surface area (TPSA) is 49.4 Å². The summed E-state index contributed by atoms with van der Waals surface area (Å²) < 4.78 is 30.9. The van der Waals surface area contributed by atoms with Gasteiger partial charge in [0.15, 0.2) is 0 Å². The average molecular weight is 908 g/mol. The second-order valence-corrected chi connectivity index (χ2v) is 22.9. The smallest absolute Gasteiger partial charge is 0.0936 e.